The van der Waals surface area contributed by atoms with Crippen molar-refractivity contribution in [2.45, 2.75) is 72.6 Å². The van der Waals surface area contributed by atoms with Crippen LogP contribution in [0.25, 0.3) is 0 Å². The summed E-state index contributed by atoms with van der Waals surface area (Å²) in [5.41, 5.74) is 0. The number of ether oxygens (including phenoxy) is 3. The van der Waals surface area contributed by atoms with Crippen LogP contribution in [-0.2, 0) is 28.6 Å². The van der Waals surface area contributed by atoms with Gasteiger partial charge in [0, 0.05) is 19.6 Å². The minimum absolute atomic E-state index is 0.157. The molecule has 0 aliphatic heterocycles. The lowest BCUT2D eigenvalue weighted by Gasteiger charge is -2.25. The lowest BCUT2D eigenvalue weighted by Crippen LogP contribution is -2.34. The van der Waals surface area contributed by atoms with Crippen molar-refractivity contribution in [3.05, 3.63) is 48.6 Å². The van der Waals surface area contributed by atoms with Gasteiger partial charge in [0.05, 0.1) is 19.3 Å². The number of esters is 3. The fraction of sp³-hybridized carbons (Fsp3) is 0.676. The van der Waals surface area contributed by atoms with Gasteiger partial charge in [-0.05, 0) is 93.1 Å². The van der Waals surface area contributed by atoms with E-state index in [1.165, 1.54) is 0 Å². The topological polar surface area (TPSA) is 88.6 Å². The van der Waals surface area contributed by atoms with Gasteiger partial charge in [-0.1, -0.05) is 48.6 Å². The minimum Gasteiger partial charge on any atom is -0.461 e. The lowest BCUT2D eigenvalue weighted by molar-refractivity contribution is -0.144. The lowest BCUT2D eigenvalue weighted by atomic mass is 10.2. The highest BCUT2D eigenvalue weighted by molar-refractivity contribution is 5.70. The van der Waals surface area contributed by atoms with Gasteiger partial charge < -0.3 is 28.9 Å². The summed E-state index contributed by atoms with van der Waals surface area (Å²) in [5.74, 6) is -0.634. The number of carbonyl (C=O) groups is 3. The fourth-order valence-corrected chi connectivity index (χ4v) is 4.19. The van der Waals surface area contributed by atoms with E-state index in [1.54, 1.807) is 12.2 Å². The number of hydrogen-bond donors (Lipinski definition) is 0. The Morgan fingerprint density at radius 3 is 1.21 bits per heavy atom. The zero-order chi connectivity index (χ0) is 32.0. The zero-order valence-corrected chi connectivity index (χ0v) is 27.6. The maximum Gasteiger partial charge on any atom is 0.307 e. The number of hydrogen-bond acceptors (Lipinski definition) is 9. The molecule has 0 aromatic rings. The molecule has 0 heterocycles. The van der Waals surface area contributed by atoms with E-state index in [4.69, 9.17) is 14.2 Å². The molecule has 43 heavy (non-hydrogen) atoms. The monoisotopic (exact) mass is 605 g/mol. The molecule has 0 saturated heterocycles. The summed E-state index contributed by atoms with van der Waals surface area (Å²) < 4.78 is 15.7. The third-order valence-electron chi connectivity index (χ3n) is 6.73. The summed E-state index contributed by atoms with van der Waals surface area (Å²) in [6.45, 7) is 14.9. The van der Waals surface area contributed by atoms with Crippen molar-refractivity contribution in [1.82, 2.24) is 14.7 Å². The molecule has 0 N–H and O–H groups in total. The molecular formula is C34H59N3O6. The highest BCUT2D eigenvalue weighted by atomic mass is 16.5. The van der Waals surface area contributed by atoms with E-state index >= 15 is 0 Å². The molecule has 9 nitrogen and oxygen atoms in total. The SMILES string of the molecule is C/C=C\CCCN(CCCN(C)CCCN(CCC(=O)OC/C=C\C)CCC(=O)OC/C=C\C)CCC(=O)OC/C=C\C. The number of allylic oxidation sites excluding steroid dienone is 5. The first-order chi connectivity index (χ1) is 20.9. The molecule has 0 bridgehead atoms. The molecular weight excluding hydrogens is 546 g/mol. The first-order valence-corrected chi connectivity index (χ1v) is 15.9. The van der Waals surface area contributed by atoms with Gasteiger partial charge in [-0.15, -0.1) is 0 Å². The third-order valence-corrected chi connectivity index (χ3v) is 6.73. The average molecular weight is 606 g/mol. The molecule has 9 heteroatoms. The summed E-state index contributed by atoms with van der Waals surface area (Å²) in [6.07, 6.45) is 20.3. The van der Waals surface area contributed by atoms with E-state index < -0.39 is 0 Å². The van der Waals surface area contributed by atoms with Crippen LogP contribution in [0.15, 0.2) is 48.6 Å². The zero-order valence-electron chi connectivity index (χ0n) is 27.6. The highest BCUT2D eigenvalue weighted by Crippen LogP contribution is 2.04. The van der Waals surface area contributed by atoms with Crippen molar-refractivity contribution >= 4 is 17.9 Å². The second-order valence-corrected chi connectivity index (χ2v) is 10.4. The van der Waals surface area contributed by atoms with E-state index in [0.717, 1.165) is 58.4 Å². The van der Waals surface area contributed by atoms with Crippen LogP contribution in [0.4, 0.5) is 0 Å². The Bertz CT molecular complexity index is 808. The molecule has 0 radical (unpaired) electrons. The maximum absolute atomic E-state index is 12.1. The fourth-order valence-electron chi connectivity index (χ4n) is 4.19. The van der Waals surface area contributed by atoms with E-state index in [-0.39, 0.29) is 44.0 Å². The van der Waals surface area contributed by atoms with Crippen molar-refractivity contribution in [2.24, 2.45) is 0 Å². The van der Waals surface area contributed by atoms with E-state index in [1.807, 2.05) is 52.0 Å². The summed E-state index contributed by atoms with van der Waals surface area (Å²) in [6, 6.07) is 0. The van der Waals surface area contributed by atoms with E-state index in [0.29, 0.717) is 32.7 Å². The van der Waals surface area contributed by atoms with Crippen LogP contribution in [-0.4, -0.2) is 112 Å². The van der Waals surface area contributed by atoms with Crippen molar-refractivity contribution < 1.29 is 28.6 Å². The van der Waals surface area contributed by atoms with Crippen LogP contribution < -0.4 is 0 Å². The highest BCUT2D eigenvalue weighted by Gasteiger charge is 2.13. The summed E-state index contributed by atoms with van der Waals surface area (Å²) in [5, 5.41) is 0. The van der Waals surface area contributed by atoms with Gasteiger partial charge in [-0.2, -0.15) is 0 Å². The molecule has 0 unspecified atom stereocenters. The minimum atomic E-state index is -0.239. The van der Waals surface area contributed by atoms with Crippen LogP contribution >= 0.6 is 0 Å². The van der Waals surface area contributed by atoms with E-state index in [2.05, 4.69) is 33.9 Å². The van der Waals surface area contributed by atoms with Gasteiger partial charge in [0.2, 0.25) is 0 Å². The predicted molar refractivity (Wildman–Crippen MR) is 175 cm³/mol. The van der Waals surface area contributed by atoms with Crippen molar-refractivity contribution in [3.63, 3.8) is 0 Å². The summed E-state index contributed by atoms with van der Waals surface area (Å²) in [7, 11) is 2.12. The quantitative estimate of drug-likeness (QED) is 0.0543. The molecule has 0 aromatic carbocycles. The van der Waals surface area contributed by atoms with Crippen LogP contribution in [0.2, 0.25) is 0 Å². The standard InChI is InChI=1S/C34H59N3O6/c1-6-10-14-15-23-36(26-18-32(38)41-29-11-7-2)24-16-21-35(5)22-17-25-37(27-19-33(39)42-30-12-8-3)28-20-34(40)43-31-13-9-4/h6-13H,14-31H2,1-5H3/b10-6-,11-7-,12-8-,13-9-. The van der Waals surface area contributed by atoms with Gasteiger partial charge in [0.1, 0.15) is 19.8 Å². The Kier molecular flexibility index (Phi) is 27.5. The predicted octanol–water partition coefficient (Wildman–Crippen LogP) is 5.19. The summed E-state index contributed by atoms with van der Waals surface area (Å²) in [4.78, 5) is 43.1. The molecule has 246 valence electrons. The van der Waals surface area contributed by atoms with Crippen LogP contribution in [0.1, 0.15) is 72.6 Å². The molecule has 0 spiro atoms. The molecule has 0 aromatic heterocycles. The van der Waals surface area contributed by atoms with Gasteiger partial charge >= 0.3 is 17.9 Å². The summed E-state index contributed by atoms with van der Waals surface area (Å²) >= 11 is 0. The normalized spacial score (nSPS) is 12.2. The second-order valence-electron chi connectivity index (χ2n) is 10.4. The van der Waals surface area contributed by atoms with Gasteiger partial charge in [-0.25, -0.2) is 0 Å². The molecule has 0 fully saturated rings. The van der Waals surface area contributed by atoms with Crippen LogP contribution in [0.5, 0.6) is 0 Å². The van der Waals surface area contributed by atoms with Gasteiger partial charge in [-0.3, -0.25) is 14.4 Å². The molecule has 0 aliphatic carbocycles. The number of rotatable bonds is 27. The van der Waals surface area contributed by atoms with Crippen LogP contribution in [0.3, 0.4) is 0 Å². The molecule has 0 atom stereocenters. The first-order valence-electron chi connectivity index (χ1n) is 15.9. The third kappa shape index (κ3) is 26.6. The second kappa shape index (κ2) is 29.3. The molecule has 0 rings (SSSR count). The van der Waals surface area contributed by atoms with Crippen molar-refractivity contribution in [1.29, 1.82) is 0 Å². The smallest absolute Gasteiger partial charge is 0.307 e. The molecule has 0 saturated carbocycles. The van der Waals surface area contributed by atoms with E-state index in [9.17, 15) is 14.4 Å². The Morgan fingerprint density at radius 2 is 0.837 bits per heavy atom. The Hall–Kier alpha value is -2.75. The molecule has 0 aliphatic rings. The Morgan fingerprint density at radius 1 is 0.488 bits per heavy atom. The van der Waals surface area contributed by atoms with Gasteiger partial charge in [0.25, 0.3) is 0 Å². The first kappa shape index (κ1) is 40.2. The average Bonchev–Trinajstić information content (AvgIpc) is 2.99. The largest absolute Gasteiger partial charge is 0.461 e. The number of carbonyl (C=O) groups excluding carboxylic acids is 3. The Balaban J connectivity index is 4.67. The van der Waals surface area contributed by atoms with Crippen LogP contribution in [0, 0.1) is 0 Å². The Labute approximate surface area is 261 Å². The number of unbranched alkanes of at least 4 members (excludes halogenated alkanes) is 1. The van der Waals surface area contributed by atoms with Gasteiger partial charge in [0.15, 0.2) is 0 Å². The van der Waals surface area contributed by atoms with Crippen molar-refractivity contribution in [2.75, 3.05) is 79.2 Å². The number of nitrogens with zero attached hydrogens (tertiary/aromatic N) is 3. The van der Waals surface area contributed by atoms with Crippen molar-refractivity contribution in [3.8, 4) is 0 Å². The maximum atomic E-state index is 12.1. The molecule has 0 amide bonds.